The van der Waals surface area contributed by atoms with Crippen LogP contribution in [0.4, 0.5) is 4.39 Å². The summed E-state index contributed by atoms with van der Waals surface area (Å²) in [5.74, 6) is -0.206. The van der Waals surface area contributed by atoms with E-state index < -0.39 is 0 Å². The summed E-state index contributed by atoms with van der Waals surface area (Å²) in [5, 5.41) is 1.82. The molecule has 0 spiro atoms. The van der Waals surface area contributed by atoms with E-state index in [1.165, 1.54) is 6.07 Å². The standard InChI is InChI=1S/C11H13FN2/c1-7(13)4-8-6-14-11-3-2-9(12)5-10(8)11/h2-3,5,7H,4,6,13H2,1H3/t7-/m0/s1. The smallest absolute Gasteiger partial charge is 0.123 e. The van der Waals surface area contributed by atoms with Crippen molar-refractivity contribution in [3.05, 3.63) is 34.6 Å². The monoisotopic (exact) mass is 192 g/mol. The van der Waals surface area contributed by atoms with Crippen LogP contribution in [-0.4, -0.2) is 12.6 Å². The van der Waals surface area contributed by atoms with Gasteiger partial charge in [0.05, 0.1) is 11.9 Å². The number of hydrogen-bond donors (Lipinski definition) is 1. The minimum atomic E-state index is -0.206. The fourth-order valence-corrected chi connectivity index (χ4v) is 1.76. The first-order valence-electron chi connectivity index (χ1n) is 4.74. The second-order valence-electron chi connectivity index (χ2n) is 3.76. The highest BCUT2D eigenvalue weighted by atomic mass is 19.1. The average Bonchev–Trinajstić information content (AvgIpc) is 2.47. The van der Waals surface area contributed by atoms with Gasteiger partial charge in [-0.3, -0.25) is 4.99 Å². The van der Waals surface area contributed by atoms with Gasteiger partial charge in [-0.05, 0) is 37.1 Å². The Kier molecular flexibility index (Phi) is 2.33. The molecule has 0 saturated carbocycles. The molecular formula is C11H13FN2. The molecule has 1 atom stereocenters. The van der Waals surface area contributed by atoms with Crippen LogP contribution in [0.1, 0.15) is 13.3 Å². The molecule has 0 fully saturated rings. The van der Waals surface area contributed by atoms with Crippen LogP contribution in [0.2, 0.25) is 0 Å². The molecule has 2 N–H and O–H groups in total. The van der Waals surface area contributed by atoms with Crippen LogP contribution in [0.3, 0.4) is 0 Å². The fraction of sp³-hybridized carbons (Fsp3) is 0.364. The lowest BCUT2D eigenvalue weighted by Gasteiger charge is -2.04. The Labute approximate surface area is 82.0 Å². The highest BCUT2D eigenvalue weighted by Gasteiger charge is 2.08. The van der Waals surface area contributed by atoms with E-state index in [1.807, 2.05) is 6.92 Å². The van der Waals surface area contributed by atoms with Crippen molar-refractivity contribution in [2.75, 3.05) is 6.54 Å². The van der Waals surface area contributed by atoms with Crippen LogP contribution in [0.15, 0.2) is 23.2 Å². The number of nitrogens with two attached hydrogens (primary N) is 1. The highest BCUT2D eigenvalue weighted by Crippen LogP contribution is 2.06. The molecule has 0 aliphatic carbocycles. The maximum absolute atomic E-state index is 13.0. The lowest BCUT2D eigenvalue weighted by molar-refractivity contribution is 0.625. The van der Waals surface area contributed by atoms with Gasteiger partial charge < -0.3 is 5.73 Å². The molecule has 0 amide bonds. The van der Waals surface area contributed by atoms with Gasteiger partial charge in [0.15, 0.2) is 0 Å². The number of hydrogen-bond acceptors (Lipinski definition) is 2. The molecule has 0 unspecified atom stereocenters. The zero-order chi connectivity index (χ0) is 10.1. The van der Waals surface area contributed by atoms with Crippen LogP contribution in [0, 0.1) is 5.82 Å². The molecule has 74 valence electrons. The summed E-state index contributed by atoms with van der Waals surface area (Å²) < 4.78 is 13.0. The Hall–Kier alpha value is -1.22. The van der Waals surface area contributed by atoms with E-state index in [9.17, 15) is 4.39 Å². The lowest BCUT2D eigenvalue weighted by atomic mass is 10.1. The Bertz CT molecular complexity index is 463. The van der Waals surface area contributed by atoms with Gasteiger partial charge in [-0.2, -0.15) is 0 Å². The molecule has 0 saturated heterocycles. The topological polar surface area (TPSA) is 38.4 Å². The van der Waals surface area contributed by atoms with Crippen molar-refractivity contribution < 1.29 is 4.39 Å². The first-order chi connectivity index (χ1) is 6.66. The average molecular weight is 192 g/mol. The Morgan fingerprint density at radius 3 is 3.07 bits per heavy atom. The van der Waals surface area contributed by atoms with Crippen LogP contribution in [-0.2, 0) is 0 Å². The molecule has 2 rings (SSSR count). The summed E-state index contributed by atoms with van der Waals surface area (Å²) in [6, 6.07) is 4.81. The SMILES string of the molecule is C[C@H](N)CC1=c2cc(F)ccc2=NC1. The summed E-state index contributed by atoms with van der Waals surface area (Å²) in [6.07, 6.45) is 0.792. The molecule has 0 radical (unpaired) electrons. The van der Waals surface area contributed by atoms with Crippen molar-refractivity contribution in [2.24, 2.45) is 10.7 Å². The van der Waals surface area contributed by atoms with Crippen LogP contribution >= 0.6 is 0 Å². The third-order valence-electron chi connectivity index (χ3n) is 2.35. The van der Waals surface area contributed by atoms with Gasteiger partial charge in [-0.15, -0.1) is 0 Å². The minimum Gasteiger partial charge on any atom is -0.328 e. The Morgan fingerprint density at radius 1 is 1.57 bits per heavy atom. The van der Waals surface area contributed by atoms with Gasteiger partial charge in [0.25, 0.3) is 0 Å². The van der Waals surface area contributed by atoms with E-state index in [4.69, 9.17) is 5.73 Å². The van der Waals surface area contributed by atoms with Gasteiger partial charge in [0, 0.05) is 11.3 Å². The van der Waals surface area contributed by atoms with Crippen molar-refractivity contribution in [2.45, 2.75) is 19.4 Å². The molecule has 1 aromatic carbocycles. The molecule has 1 heterocycles. The zero-order valence-corrected chi connectivity index (χ0v) is 8.13. The van der Waals surface area contributed by atoms with E-state index in [-0.39, 0.29) is 11.9 Å². The molecular weight excluding hydrogens is 179 g/mol. The highest BCUT2D eigenvalue weighted by molar-refractivity contribution is 5.49. The first-order valence-corrected chi connectivity index (χ1v) is 4.74. The molecule has 1 aromatic rings. The lowest BCUT2D eigenvalue weighted by Crippen LogP contribution is -2.25. The van der Waals surface area contributed by atoms with Crippen molar-refractivity contribution >= 4 is 5.57 Å². The van der Waals surface area contributed by atoms with Crippen molar-refractivity contribution in [1.82, 2.24) is 0 Å². The number of fused-ring (bicyclic) bond motifs is 1. The second-order valence-corrected chi connectivity index (χ2v) is 3.76. The second kappa shape index (κ2) is 3.50. The third kappa shape index (κ3) is 1.68. The molecule has 2 nitrogen and oxygen atoms in total. The van der Waals surface area contributed by atoms with E-state index in [0.29, 0.717) is 6.54 Å². The molecule has 3 heteroatoms. The van der Waals surface area contributed by atoms with Crippen molar-refractivity contribution in [1.29, 1.82) is 0 Å². The molecule has 0 bridgehead atoms. The van der Waals surface area contributed by atoms with Crippen molar-refractivity contribution in [3.8, 4) is 0 Å². The number of nitrogens with zero attached hydrogens (tertiary/aromatic N) is 1. The number of benzene rings is 1. The van der Waals surface area contributed by atoms with E-state index in [0.717, 1.165) is 22.6 Å². The summed E-state index contributed by atoms with van der Waals surface area (Å²) in [4.78, 5) is 4.32. The van der Waals surface area contributed by atoms with Crippen LogP contribution < -0.4 is 16.3 Å². The van der Waals surface area contributed by atoms with Gasteiger partial charge in [-0.25, -0.2) is 4.39 Å². The summed E-state index contributed by atoms with van der Waals surface area (Å²) in [5.41, 5.74) is 6.86. The zero-order valence-electron chi connectivity index (χ0n) is 8.13. The van der Waals surface area contributed by atoms with Gasteiger partial charge in [-0.1, -0.05) is 0 Å². The molecule has 1 aliphatic heterocycles. The van der Waals surface area contributed by atoms with E-state index in [1.54, 1.807) is 12.1 Å². The molecule has 14 heavy (non-hydrogen) atoms. The quantitative estimate of drug-likeness (QED) is 0.721. The van der Waals surface area contributed by atoms with E-state index >= 15 is 0 Å². The fourth-order valence-electron chi connectivity index (χ4n) is 1.76. The molecule has 1 aliphatic rings. The largest absolute Gasteiger partial charge is 0.328 e. The third-order valence-corrected chi connectivity index (χ3v) is 2.35. The van der Waals surface area contributed by atoms with Crippen LogP contribution in [0.25, 0.3) is 5.57 Å². The first kappa shape index (κ1) is 9.34. The Balaban J connectivity index is 2.53. The van der Waals surface area contributed by atoms with Gasteiger partial charge in [0.2, 0.25) is 0 Å². The van der Waals surface area contributed by atoms with E-state index in [2.05, 4.69) is 4.99 Å². The molecule has 0 aromatic heterocycles. The van der Waals surface area contributed by atoms with Crippen molar-refractivity contribution in [3.63, 3.8) is 0 Å². The van der Waals surface area contributed by atoms with Crippen LogP contribution in [0.5, 0.6) is 0 Å². The number of halogens is 1. The number of rotatable bonds is 2. The van der Waals surface area contributed by atoms with Gasteiger partial charge >= 0.3 is 0 Å². The van der Waals surface area contributed by atoms with Gasteiger partial charge in [0.1, 0.15) is 5.82 Å². The maximum Gasteiger partial charge on any atom is 0.123 e. The summed E-state index contributed by atoms with van der Waals surface area (Å²) in [7, 11) is 0. The Morgan fingerprint density at radius 2 is 2.36 bits per heavy atom. The summed E-state index contributed by atoms with van der Waals surface area (Å²) in [6.45, 7) is 2.62. The predicted octanol–water partition coefficient (Wildman–Crippen LogP) is 0.347. The predicted molar refractivity (Wildman–Crippen MR) is 53.7 cm³/mol. The minimum absolute atomic E-state index is 0.106. The summed E-state index contributed by atoms with van der Waals surface area (Å²) >= 11 is 0. The normalized spacial score (nSPS) is 16.4. The maximum atomic E-state index is 13.0.